The summed E-state index contributed by atoms with van der Waals surface area (Å²) in [4.78, 5) is 22.6. The zero-order valence-corrected chi connectivity index (χ0v) is 16.1. The van der Waals surface area contributed by atoms with Gasteiger partial charge in [-0.15, -0.1) is 0 Å². The maximum atomic E-state index is 11.9. The number of esters is 1. The Morgan fingerprint density at radius 3 is 2.78 bits per heavy atom. The average Bonchev–Trinajstić information content (AvgIpc) is 2.69. The number of carbonyl (C=O) groups excluding carboxylic acids is 1. The van der Waals surface area contributed by atoms with Gasteiger partial charge in [-0.3, -0.25) is 4.79 Å². The third kappa shape index (κ3) is 4.60. The molecule has 1 aromatic heterocycles. The van der Waals surface area contributed by atoms with E-state index in [-0.39, 0.29) is 11.9 Å². The lowest BCUT2D eigenvalue weighted by molar-refractivity contribution is -0.148. The summed E-state index contributed by atoms with van der Waals surface area (Å²) in [6.07, 6.45) is 2.95. The second-order valence-corrected chi connectivity index (χ2v) is 6.83. The number of nitrogens with zero attached hydrogens (tertiary/aromatic N) is 3. The second-order valence-electron chi connectivity index (χ2n) is 6.42. The Morgan fingerprint density at radius 1 is 1.33 bits per heavy atom. The summed E-state index contributed by atoms with van der Waals surface area (Å²) in [5, 5.41) is 3.93. The van der Waals surface area contributed by atoms with Gasteiger partial charge in [0.05, 0.1) is 12.5 Å². The van der Waals surface area contributed by atoms with Gasteiger partial charge in [0.1, 0.15) is 12.0 Å². The molecule has 27 heavy (non-hydrogen) atoms. The van der Waals surface area contributed by atoms with Crippen LogP contribution >= 0.6 is 11.6 Å². The first-order valence-electron chi connectivity index (χ1n) is 9.09. The summed E-state index contributed by atoms with van der Waals surface area (Å²) in [6, 6.07) is 7.63. The van der Waals surface area contributed by atoms with Gasteiger partial charge in [-0.05, 0) is 31.4 Å². The number of benzene rings is 1. The van der Waals surface area contributed by atoms with E-state index in [0.717, 1.165) is 18.4 Å². The Morgan fingerprint density at radius 2 is 2.07 bits per heavy atom. The number of ether oxygens (including phenoxy) is 1. The van der Waals surface area contributed by atoms with E-state index < -0.39 is 0 Å². The van der Waals surface area contributed by atoms with Crippen LogP contribution in [0.15, 0.2) is 30.6 Å². The van der Waals surface area contributed by atoms with Crippen LogP contribution in [0.3, 0.4) is 0 Å². The fourth-order valence-electron chi connectivity index (χ4n) is 3.19. The fraction of sp³-hybridized carbons (Fsp3) is 0.421. The van der Waals surface area contributed by atoms with Crippen LogP contribution in [0.1, 0.15) is 25.3 Å². The molecule has 1 aromatic carbocycles. The molecular formula is C19H24ClN5O2. The van der Waals surface area contributed by atoms with E-state index in [1.807, 2.05) is 31.2 Å². The SMILES string of the molecule is CCOC(=O)C1CCN(c2ncnc(NCc3ccccc3Cl)c2N)CC1. The lowest BCUT2D eigenvalue weighted by atomic mass is 9.97. The highest BCUT2D eigenvalue weighted by Crippen LogP contribution is 2.30. The third-order valence-electron chi connectivity index (χ3n) is 4.68. The fourth-order valence-corrected chi connectivity index (χ4v) is 3.39. The Bertz CT molecular complexity index is 793. The summed E-state index contributed by atoms with van der Waals surface area (Å²) < 4.78 is 5.12. The molecule has 0 atom stereocenters. The predicted octanol–water partition coefficient (Wildman–Crippen LogP) is 3.10. The maximum absolute atomic E-state index is 11.9. The number of nitrogens with two attached hydrogens (primary N) is 1. The third-order valence-corrected chi connectivity index (χ3v) is 5.05. The van der Waals surface area contributed by atoms with Crippen LogP contribution in [-0.2, 0) is 16.1 Å². The van der Waals surface area contributed by atoms with Gasteiger partial charge in [-0.1, -0.05) is 29.8 Å². The van der Waals surface area contributed by atoms with E-state index in [2.05, 4.69) is 20.2 Å². The number of hydrogen-bond donors (Lipinski definition) is 2. The van der Waals surface area contributed by atoms with Crippen molar-refractivity contribution in [1.82, 2.24) is 9.97 Å². The van der Waals surface area contributed by atoms with Crippen molar-refractivity contribution >= 4 is 34.9 Å². The first-order chi connectivity index (χ1) is 13.1. The van der Waals surface area contributed by atoms with Crippen LogP contribution in [0.5, 0.6) is 0 Å². The Labute approximate surface area is 163 Å². The molecule has 0 aliphatic carbocycles. The minimum absolute atomic E-state index is 0.0536. The zero-order chi connectivity index (χ0) is 19.2. The molecule has 3 rings (SSSR count). The smallest absolute Gasteiger partial charge is 0.309 e. The Balaban J connectivity index is 1.65. The molecular weight excluding hydrogens is 366 g/mol. The molecule has 3 N–H and O–H groups in total. The number of nitrogens with one attached hydrogen (secondary N) is 1. The van der Waals surface area contributed by atoms with Gasteiger partial charge in [0.15, 0.2) is 11.6 Å². The first kappa shape index (κ1) is 19.2. The highest BCUT2D eigenvalue weighted by atomic mass is 35.5. The van der Waals surface area contributed by atoms with E-state index in [1.54, 1.807) is 0 Å². The summed E-state index contributed by atoms with van der Waals surface area (Å²) >= 11 is 6.19. The molecule has 0 saturated carbocycles. The number of carbonyl (C=O) groups is 1. The monoisotopic (exact) mass is 389 g/mol. The number of hydrogen-bond acceptors (Lipinski definition) is 7. The van der Waals surface area contributed by atoms with Crippen molar-refractivity contribution in [1.29, 1.82) is 0 Å². The van der Waals surface area contributed by atoms with Gasteiger partial charge in [0, 0.05) is 24.7 Å². The number of halogens is 1. The Kier molecular flexibility index (Phi) is 6.34. The van der Waals surface area contributed by atoms with Gasteiger partial charge < -0.3 is 20.7 Å². The highest BCUT2D eigenvalue weighted by molar-refractivity contribution is 6.31. The van der Waals surface area contributed by atoms with Crippen molar-refractivity contribution in [3.63, 3.8) is 0 Å². The molecule has 1 aliphatic rings. The lowest BCUT2D eigenvalue weighted by Crippen LogP contribution is -2.38. The molecule has 1 saturated heterocycles. The molecule has 1 aliphatic heterocycles. The largest absolute Gasteiger partial charge is 0.466 e. The van der Waals surface area contributed by atoms with Gasteiger partial charge >= 0.3 is 5.97 Å². The standard InChI is InChI=1S/C19H24ClN5O2/c1-2-27-19(26)13-7-9-25(10-8-13)18-16(21)17(23-12-24-18)22-11-14-5-3-4-6-15(14)20/h3-6,12-13H,2,7-11,21H2,1H3,(H,22,23,24). The molecule has 7 nitrogen and oxygen atoms in total. The molecule has 0 bridgehead atoms. The number of piperidine rings is 1. The molecule has 0 unspecified atom stereocenters. The quantitative estimate of drug-likeness (QED) is 0.733. The van der Waals surface area contributed by atoms with Crippen molar-refractivity contribution in [2.45, 2.75) is 26.3 Å². The highest BCUT2D eigenvalue weighted by Gasteiger charge is 2.27. The normalized spacial score (nSPS) is 14.8. The van der Waals surface area contributed by atoms with Crippen molar-refractivity contribution < 1.29 is 9.53 Å². The van der Waals surface area contributed by atoms with Crippen molar-refractivity contribution in [2.75, 3.05) is 35.6 Å². The molecule has 8 heteroatoms. The molecule has 1 fully saturated rings. The van der Waals surface area contributed by atoms with Gasteiger partial charge in [0.25, 0.3) is 0 Å². The summed E-state index contributed by atoms with van der Waals surface area (Å²) in [6.45, 7) is 4.17. The average molecular weight is 390 g/mol. The van der Waals surface area contributed by atoms with E-state index in [0.29, 0.717) is 48.6 Å². The van der Waals surface area contributed by atoms with Crippen molar-refractivity contribution in [3.05, 3.63) is 41.2 Å². The number of nitrogen functional groups attached to an aromatic ring is 1. The topological polar surface area (TPSA) is 93.4 Å². The van der Waals surface area contributed by atoms with Crippen molar-refractivity contribution in [2.24, 2.45) is 5.92 Å². The van der Waals surface area contributed by atoms with Crippen molar-refractivity contribution in [3.8, 4) is 0 Å². The number of rotatable bonds is 6. The summed E-state index contributed by atoms with van der Waals surface area (Å²) in [7, 11) is 0. The van der Waals surface area contributed by atoms with Crippen LogP contribution in [0.4, 0.5) is 17.3 Å². The minimum atomic E-state index is -0.116. The van der Waals surface area contributed by atoms with Gasteiger partial charge in [0.2, 0.25) is 0 Å². The second kappa shape index (κ2) is 8.90. The maximum Gasteiger partial charge on any atom is 0.309 e. The molecule has 144 valence electrons. The van der Waals surface area contributed by atoms with E-state index >= 15 is 0 Å². The number of aromatic nitrogens is 2. The zero-order valence-electron chi connectivity index (χ0n) is 15.3. The van der Waals surface area contributed by atoms with Crippen LogP contribution in [0.2, 0.25) is 5.02 Å². The van der Waals surface area contributed by atoms with Crippen LogP contribution < -0.4 is 16.0 Å². The van der Waals surface area contributed by atoms with Gasteiger partial charge in [-0.2, -0.15) is 0 Å². The first-order valence-corrected chi connectivity index (χ1v) is 9.47. The van der Waals surface area contributed by atoms with E-state index in [1.165, 1.54) is 6.33 Å². The molecule has 0 radical (unpaired) electrons. The molecule has 0 spiro atoms. The molecule has 2 heterocycles. The van der Waals surface area contributed by atoms with E-state index in [4.69, 9.17) is 22.1 Å². The van der Waals surface area contributed by atoms with Crippen LogP contribution in [0.25, 0.3) is 0 Å². The summed E-state index contributed by atoms with van der Waals surface area (Å²) in [5.41, 5.74) is 7.77. The molecule has 2 aromatic rings. The van der Waals surface area contributed by atoms with E-state index in [9.17, 15) is 4.79 Å². The van der Waals surface area contributed by atoms with Crippen LogP contribution in [0, 0.1) is 5.92 Å². The molecule has 0 amide bonds. The number of anilines is 3. The minimum Gasteiger partial charge on any atom is -0.466 e. The predicted molar refractivity (Wildman–Crippen MR) is 107 cm³/mol. The Hall–Kier alpha value is -2.54. The van der Waals surface area contributed by atoms with Gasteiger partial charge in [-0.25, -0.2) is 9.97 Å². The lowest BCUT2D eigenvalue weighted by Gasteiger charge is -2.32. The van der Waals surface area contributed by atoms with Crippen LogP contribution in [-0.4, -0.2) is 35.6 Å². The summed E-state index contributed by atoms with van der Waals surface area (Å²) in [5.74, 6) is 1.10.